The topological polar surface area (TPSA) is 88.8 Å². The normalized spacial score (nSPS) is 10.8. The van der Waals surface area contributed by atoms with Gasteiger partial charge >= 0.3 is 5.97 Å². The molecule has 0 aliphatic carbocycles. The van der Waals surface area contributed by atoms with Gasteiger partial charge in [-0.3, -0.25) is 4.40 Å². The molecule has 0 unspecified atom stereocenters. The maximum atomic E-state index is 11.2. The van der Waals surface area contributed by atoms with Gasteiger partial charge in [0.05, 0.1) is 24.6 Å². The third-order valence-electron chi connectivity index (χ3n) is 4.53. The van der Waals surface area contributed by atoms with Gasteiger partial charge in [-0.1, -0.05) is 0 Å². The Bertz CT molecular complexity index is 1170. The number of anilines is 2. The first kappa shape index (κ1) is 17.5. The summed E-state index contributed by atoms with van der Waals surface area (Å²) in [5.41, 5.74) is 4.31. The number of ether oxygens (including phenoxy) is 1. The lowest BCUT2D eigenvalue weighted by Gasteiger charge is -2.10. The van der Waals surface area contributed by atoms with Crippen molar-refractivity contribution in [3.05, 3.63) is 72.2 Å². The number of aromatic nitrogens is 3. The summed E-state index contributed by atoms with van der Waals surface area (Å²) in [5.74, 6) is 0.438. The molecule has 28 heavy (non-hydrogen) atoms. The fourth-order valence-electron chi connectivity index (χ4n) is 3.10. The molecule has 0 amide bonds. The van der Waals surface area contributed by atoms with Crippen LogP contribution >= 0.6 is 0 Å². The average Bonchev–Trinajstić information content (AvgIpc) is 3.13. The van der Waals surface area contributed by atoms with Crippen LogP contribution in [-0.2, 0) is 0 Å². The molecular weight excluding hydrogens is 356 g/mol. The van der Waals surface area contributed by atoms with Crippen LogP contribution in [0.1, 0.15) is 15.9 Å². The predicted octanol–water partition coefficient (Wildman–Crippen LogP) is 4.16. The highest BCUT2D eigenvalue weighted by molar-refractivity contribution is 5.90. The summed E-state index contributed by atoms with van der Waals surface area (Å²) in [6, 6.07) is 12.8. The van der Waals surface area contributed by atoms with Crippen LogP contribution in [0.3, 0.4) is 0 Å². The first-order chi connectivity index (χ1) is 13.6. The third-order valence-corrected chi connectivity index (χ3v) is 4.53. The summed E-state index contributed by atoms with van der Waals surface area (Å²) in [5, 5.41) is 12.4. The van der Waals surface area contributed by atoms with Crippen molar-refractivity contribution in [2.24, 2.45) is 0 Å². The molecule has 2 aromatic heterocycles. The van der Waals surface area contributed by atoms with Gasteiger partial charge in [0, 0.05) is 23.6 Å². The van der Waals surface area contributed by atoms with Gasteiger partial charge in [0.15, 0.2) is 11.5 Å². The zero-order valence-corrected chi connectivity index (χ0v) is 15.4. The van der Waals surface area contributed by atoms with E-state index in [4.69, 9.17) is 4.74 Å². The van der Waals surface area contributed by atoms with Crippen molar-refractivity contribution in [3.63, 3.8) is 0 Å². The zero-order chi connectivity index (χ0) is 19.7. The lowest BCUT2D eigenvalue weighted by atomic mass is 10.1. The molecule has 4 rings (SSSR count). The van der Waals surface area contributed by atoms with Crippen molar-refractivity contribution in [2.45, 2.75) is 6.92 Å². The monoisotopic (exact) mass is 374 g/mol. The SMILES string of the molecule is COc1ccc(-c2cnc3c(Nc4ccc(C(=O)O)c(C)c4)nccn23)cc1. The molecule has 140 valence electrons. The van der Waals surface area contributed by atoms with Crippen LogP contribution in [0.4, 0.5) is 11.5 Å². The Morgan fingerprint density at radius 1 is 1.14 bits per heavy atom. The summed E-state index contributed by atoms with van der Waals surface area (Å²) in [6.45, 7) is 1.76. The van der Waals surface area contributed by atoms with Gasteiger partial charge in [0.25, 0.3) is 0 Å². The number of hydrogen-bond donors (Lipinski definition) is 2. The fourth-order valence-corrected chi connectivity index (χ4v) is 3.10. The van der Waals surface area contributed by atoms with Crippen LogP contribution in [0.2, 0.25) is 0 Å². The molecule has 0 saturated carbocycles. The number of aryl methyl sites for hydroxylation is 1. The van der Waals surface area contributed by atoms with Gasteiger partial charge in [0.2, 0.25) is 0 Å². The summed E-state index contributed by atoms with van der Waals surface area (Å²) in [6.07, 6.45) is 5.34. The van der Waals surface area contributed by atoms with Crippen LogP contribution in [0.15, 0.2) is 61.1 Å². The van der Waals surface area contributed by atoms with E-state index in [2.05, 4.69) is 15.3 Å². The summed E-state index contributed by atoms with van der Waals surface area (Å²) in [7, 11) is 1.64. The largest absolute Gasteiger partial charge is 0.497 e. The zero-order valence-electron chi connectivity index (χ0n) is 15.4. The highest BCUT2D eigenvalue weighted by atomic mass is 16.5. The number of carbonyl (C=O) groups is 1. The molecular formula is C21H18N4O3. The van der Waals surface area contributed by atoms with Crippen molar-refractivity contribution in [1.82, 2.24) is 14.4 Å². The molecule has 0 atom stereocenters. The first-order valence-electron chi connectivity index (χ1n) is 8.64. The number of nitrogens with one attached hydrogen (secondary N) is 1. The molecule has 0 radical (unpaired) electrons. The van der Waals surface area contributed by atoms with Crippen LogP contribution < -0.4 is 10.1 Å². The second kappa shape index (κ2) is 7.03. The Balaban J connectivity index is 1.70. The fraction of sp³-hybridized carbons (Fsp3) is 0.0952. The van der Waals surface area contributed by atoms with Crippen LogP contribution in [-0.4, -0.2) is 32.6 Å². The van der Waals surface area contributed by atoms with Gasteiger partial charge in [-0.15, -0.1) is 0 Å². The summed E-state index contributed by atoms with van der Waals surface area (Å²) < 4.78 is 7.17. The van der Waals surface area contributed by atoms with Crippen molar-refractivity contribution in [3.8, 4) is 17.0 Å². The number of rotatable bonds is 5. The minimum absolute atomic E-state index is 0.277. The van der Waals surface area contributed by atoms with Crippen molar-refractivity contribution < 1.29 is 14.6 Å². The second-order valence-electron chi connectivity index (χ2n) is 6.30. The molecule has 0 fully saturated rings. The van der Waals surface area contributed by atoms with Gasteiger partial charge < -0.3 is 15.2 Å². The lowest BCUT2D eigenvalue weighted by Crippen LogP contribution is -2.02. The number of aromatic carboxylic acids is 1. The van der Waals surface area contributed by atoms with Gasteiger partial charge in [-0.05, 0) is 55.0 Å². The quantitative estimate of drug-likeness (QED) is 0.545. The number of benzene rings is 2. The molecule has 4 aromatic rings. The second-order valence-corrected chi connectivity index (χ2v) is 6.30. The minimum Gasteiger partial charge on any atom is -0.497 e. The van der Waals surface area contributed by atoms with Crippen molar-refractivity contribution in [1.29, 1.82) is 0 Å². The molecule has 2 aromatic carbocycles. The number of methoxy groups -OCH3 is 1. The van der Waals surface area contributed by atoms with E-state index in [1.807, 2.05) is 34.9 Å². The molecule has 7 nitrogen and oxygen atoms in total. The Labute approximate surface area is 161 Å². The van der Waals surface area contributed by atoms with Crippen LogP contribution in [0.5, 0.6) is 5.75 Å². The Kier molecular flexibility index (Phi) is 4.41. The van der Waals surface area contributed by atoms with E-state index in [0.717, 1.165) is 22.7 Å². The predicted molar refractivity (Wildman–Crippen MR) is 106 cm³/mol. The summed E-state index contributed by atoms with van der Waals surface area (Å²) in [4.78, 5) is 20.1. The molecule has 2 N–H and O–H groups in total. The molecule has 0 aliphatic rings. The molecule has 7 heteroatoms. The van der Waals surface area contributed by atoms with E-state index >= 15 is 0 Å². The number of fused-ring (bicyclic) bond motifs is 1. The Morgan fingerprint density at radius 3 is 2.61 bits per heavy atom. The van der Waals surface area contributed by atoms with Crippen molar-refractivity contribution in [2.75, 3.05) is 12.4 Å². The average molecular weight is 374 g/mol. The summed E-state index contributed by atoms with van der Waals surface area (Å²) >= 11 is 0. The van der Waals surface area contributed by atoms with E-state index in [1.165, 1.54) is 0 Å². The van der Waals surface area contributed by atoms with E-state index in [9.17, 15) is 9.90 Å². The Morgan fingerprint density at radius 2 is 1.93 bits per heavy atom. The van der Waals surface area contributed by atoms with Crippen LogP contribution in [0.25, 0.3) is 16.9 Å². The Hall–Kier alpha value is -3.87. The standard InChI is InChI=1S/C21H18N4O3/c1-13-11-15(5-8-17(13)21(26)27)24-19-20-23-12-18(25(20)10-9-22-19)14-3-6-16(28-2)7-4-14/h3-12H,1-2H3,(H,22,24)(H,26,27). The van der Waals surface area contributed by atoms with Crippen molar-refractivity contribution >= 4 is 23.1 Å². The molecule has 0 spiro atoms. The lowest BCUT2D eigenvalue weighted by molar-refractivity contribution is 0.0696. The van der Waals surface area contributed by atoms with E-state index in [-0.39, 0.29) is 5.56 Å². The molecule has 2 heterocycles. The molecule has 0 saturated heterocycles. The van der Waals surface area contributed by atoms with E-state index in [0.29, 0.717) is 17.0 Å². The number of carboxylic acids is 1. The molecule has 0 bridgehead atoms. The highest BCUT2D eigenvalue weighted by Crippen LogP contribution is 2.27. The number of imidazole rings is 1. The van der Waals surface area contributed by atoms with Gasteiger partial charge in [0.1, 0.15) is 5.75 Å². The highest BCUT2D eigenvalue weighted by Gasteiger charge is 2.12. The third kappa shape index (κ3) is 3.14. The smallest absolute Gasteiger partial charge is 0.335 e. The van der Waals surface area contributed by atoms with E-state index < -0.39 is 5.97 Å². The number of nitrogens with zero attached hydrogens (tertiary/aromatic N) is 3. The van der Waals surface area contributed by atoms with E-state index in [1.54, 1.807) is 44.6 Å². The first-order valence-corrected chi connectivity index (χ1v) is 8.64. The molecule has 0 aliphatic heterocycles. The number of hydrogen-bond acceptors (Lipinski definition) is 5. The maximum absolute atomic E-state index is 11.2. The van der Waals surface area contributed by atoms with Gasteiger partial charge in [-0.25, -0.2) is 14.8 Å². The number of carboxylic acid groups (broad SMARTS) is 1. The van der Waals surface area contributed by atoms with Crippen LogP contribution in [0, 0.1) is 6.92 Å². The minimum atomic E-state index is -0.943. The van der Waals surface area contributed by atoms with Gasteiger partial charge in [-0.2, -0.15) is 0 Å². The maximum Gasteiger partial charge on any atom is 0.335 e.